The van der Waals surface area contributed by atoms with Gasteiger partial charge in [0.15, 0.2) is 0 Å². The van der Waals surface area contributed by atoms with E-state index in [4.69, 9.17) is 36.6 Å². The van der Waals surface area contributed by atoms with Crippen molar-refractivity contribution in [2.75, 3.05) is 10.2 Å². The van der Waals surface area contributed by atoms with Crippen molar-refractivity contribution in [3.8, 4) is 36.4 Å². The van der Waals surface area contributed by atoms with Gasteiger partial charge in [-0.25, -0.2) is 4.98 Å². The van der Waals surface area contributed by atoms with Gasteiger partial charge in [0.2, 0.25) is 0 Å². The Morgan fingerprint density at radius 1 is 0.365 bits per heavy atom. The van der Waals surface area contributed by atoms with E-state index in [1.165, 1.54) is 62.8 Å². The first kappa shape index (κ1) is 65.6. The minimum Gasteiger partial charge on any atom is -0.418 e. The van der Waals surface area contributed by atoms with Crippen LogP contribution in [-0.2, 0) is 17.1 Å². The number of hydrogen-bond donors (Lipinski definition) is 2. The summed E-state index contributed by atoms with van der Waals surface area (Å²) < 4.78 is 78.0. The maximum atomic E-state index is 9.75. The number of halogens is 8. The minimum absolute atomic E-state index is 0. The number of nitrogens with one attached hydrogen (secondary N) is 2. The second kappa shape index (κ2) is 43.6. The molecule has 0 spiro atoms. The van der Waals surface area contributed by atoms with Gasteiger partial charge in [0.05, 0.1) is 52.6 Å². The van der Waals surface area contributed by atoms with Crippen LogP contribution in [0.25, 0.3) is 0 Å². The van der Waals surface area contributed by atoms with Crippen LogP contribution in [0.2, 0.25) is 0 Å². The van der Waals surface area contributed by atoms with Gasteiger partial charge in [-0.2, -0.15) is 31.6 Å². The van der Waals surface area contributed by atoms with E-state index >= 15 is 0 Å². The maximum absolute atomic E-state index is 9.75. The summed E-state index contributed by atoms with van der Waals surface area (Å²) in [6, 6.07) is 59.0. The fraction of sp³-hybridized carbons (Fsp3) is 0.146. The van der Waals surface area contributed by atoms with E-state index in [1.807, 2.05) is 12.1 Å². The molecule has 0 saturated heterocycles. The maximum Gasteiger partial charge on any atom is 2.00 e. The Kier molecular flexibility index (Phi) is 45.4. The van der Waals surface area contributed by atoms with E-state index in [2.05, 4.69) is 138 Å². The number of benzene rings is 4. The van der Waals surface area contributed by atoms with Gasteiger partial charge < -0.3 is 44.7 Å². The zero-order valence-corrected chi connectivity index (χ0v) is 37.7. The van der Waals surface area contributed by atoms with Gasteiger partial charge in [0.1, 0.15) is 11.6 Å². The molecule has 22 heteroatoms. The second-order valence-electron chi connectivity index (χ2n) is 9.98. The van der Waals surface area contributed by atoms with Crippen LogP contribution in [0.15, 0.2) is 140 Å². The van der Waals surface area contributed by atoms with Crippen molar-refractivity contribution in [2.24, 2.45) is 0 Å². The summed E-state index contributed by atoms with van der Waals surface area (Å²) in [5, 5.41) is 56.4. The predicted octanol–water partition coefficient (Wildman–Crippen LogP) is 11.8. The first-order chi connectivity index (χ1) is 29.4. The van der Waals surface area contributed by atoms with E-state index in [0.717, 1.165) is 11.6 Å². The third-order valence-electron chi connectivity index (χ3n) is 5.26. The summed E-state index contributed by atoms with van der Waals surface area (Å²) in [5.41, 5.74) is 0. The third kappa shape index (κ3) is 44.9. The largest absolute Gasteiger partial charge is 2.00 e. The number of nitriles is 6. The molecule has 9 nitrogen and oxygen atoms in total. The van der Waals surface area contributed by atoms with Crippen LogP contribution in [0.5, 0.6) is 0 Å². The Hall–Kier alpha value is -6.48. The first-order valence-electron chi connectivity index (χ1n) is 17.3. The molecule has 0 fully saturated rings. The van der Waals surface area contributed by atoms with Gasteiger partial charge in [-0.15, -0.1) is 0 Å². The van der Waals surface area contributed by atoms with Crippen molar-refractivity contribution in [1.82, 2.24) is 4.98 Å². The fourth-order valence-electron chi connectivity index (χ4n) is 3.65. The van der Waals surface area contributed by atoms with Crippen LogP contribution in [0.4, 0.5) is 46.2 Å². The molecule has 0 atom stereocenters. The monoisotopic (exact) mass is 953 g/mol. The van der Waals surface area contributed by atoms with Crippen LogP contribution in [0.3, 0.4) is 0 Å². The van der Waals surface area contributed by atoms with E-state index in [-0.39, 0.29) is 17.1 Å². The number of nitrogens with zero attached hydrogens (tertiary/aromatic N) is 7. The average Bonchev–Trinajstić information content (AvgIpc) is 3.21. The molecule has 0 aliphatic rings. The molecule has 0 aliphatic carbocycles. The van der Waals surface area contributed by atoms with Crippen LogP contribution < -0.4 is 31.4 Å². The molecule has 0 radical (unpaired) electrons. The molecular weight excluding hydrogens is 910 g/mol. The van der Waals surface area contributed by atoms with Gasteiger partial charge >= 0.3 is 31.6 Å². The SMILES string of the molecule is CC#N.CC#N.CC#N.CC#N.CC#N.CC#N.F[B-](F)(F)F.F[B-](F)(F)F.[Fe+2].c1ccc(P(Nc2cccc(NP(c3ccccc3)c3ccccc3)n2)c2ccccc2)cc1. The summed E-state index contributed by atoms with van der Waals surface area (Å²) in [6.45, 7) is 8.58. The zero-order valence-electron chi connectivity index (χ0n) is 34.8. The Balaban J connectivity index is -0.000000319. The van der Waals surface area contributed by atoms with E-state index in [1.54, 1.807) is 36.4 Å². The summed E-state index contributed by atoms with van der Waals surface area (Å²) in [4.78, 5) is 4.96. The molecule has 0 amide bonds. The smallest absolute Gasteiger partial charge is 0.418 e. The number of anilines is 2. The molecule has 63 heavy (non-hydrogen) atoms. The molecular formula is C41H43B2F8FeN9P2. The van der Waals surface area contributed by atoms with E-state index in [0.29, 0.717) is 0 Å². The van der Waals surface area contributed by atoms with Crippen molar-refractivity contribution in [3.05, 3.63) is 140 Å². The van der Waals surface area contributed by atoms with Crippen LogP contribution in [0, 0.1) is 68.0 Å². The number of pyridine rings is 1. The number of hydrogen-bond acceptors (Lipinski definition) is 9. The molecule has 1 aromatic heterocycles. The van der Waals surface area contributed by atoms with E-state index in [9.17, 15) is 34.5 Å². The van der Waals surface area contributed by atoms with Gasteiger partial charge in [-0.1, -0.05) is 127 Å². The molecule has 0 bridgehead atoms. The van der Waals surface area contributed by atoms with Crippen molar-refractivity contribution < 1.29 is 51.6 Å². The molecule has 2 N–H and O–H groups in total. The number of rotatable bonds is 8. The van der Waals surface area contributed by atoms with Gasteiger partial charge in [0.25, 0.3) is 0 Å². The quantitative estimate of drug-likeness (QED) is 0.0869. The molecule has 332 valence electrons. The standard InChI is InChI=1S/C29H25N3P2.6C2H3N.2BF4.Fe/c1-5-14-24(15-6-1)33(25-16-7-2-8-17-25)31-28-22-13-23-29(30-28)32-34(26-18-9-3-10-19-26)27-20-11-4-12-21-27;6*1-2-3;2*2-1(3,4)5;/h1-23H,(H2,30,31,32);6*1H3;;;/q;;;;;;;2*-1;+2. The van der Waals surface area contributed by atoms with Gasteiger partial charge in [-0.3, -0.25) is 0 Å². The van der Waals surface area contributed by atoms with Crippen molar-refractivity contribution >= 4 is 63.5 Å². The normalized spacial score (nSPS) is 8.54. The zero-order chi connectivity index (χ0) is 48.2. The Bertz CT molecular complexity index is 1810. The molecule has 0 aliphatic heterocycles. The Labute approximate surface area is 378 Å². The van der Waals surface area contributed by atoms with Gasteiger partial charge in [0, 0.05) is 62.8 Å². The van der Waals surface area contributed by atoms with Crippen LogP contribution in [-0.4, -0.2) is 19.5 Å². The first-order valence-corrected chi connectivity index (χ1v) is 19.9. The molecule has 5 rings (SSSR count). The summed E-state index contributed by atoms with van der Waals surface area (Å²) in [6.07, 6.45) is 0. The summed E-state index contributed by atoms with van der Waals surface area (Å²) >= 11 is 0. The Morgan fingerprint density at radius 3 is 0.683 bits per heavy atom. The molecule has 4 aromatic carbocycles. The summed E-state index contributed by atoms with van der Waals surface area (Å²) in [7, 11) is -13.6. The Morgan fingerprint density at radius 2 is 0.524 bits per heavy atom. The van der Waals surface area contributed by atoms with Crippen molar-refractivity contribution in [1.29, 1.82) is 31.6 Å². The third-order valence-corrected chi connectivity index (χ3v) is 9.42. The summed E-state index contributed by atoms with van der Waals surface area (Å²) in [5.74, 6) is 1.72. The fourth-order valence-corrected chi connectivity index (χ4v) is 7.35. The van der Waals surface area contributed by atoms with Crippen LogP contribution in [0.1, 0.15) is 41.5 Å². The molecule has 0 unspecified atom stereocenters. The predicted molar refractivity (Wildman–Crippen MR) is 238 cm³/mol. The topological polar surface area (TPSA) is 180 Å². The molecule has 0 saturated carbocycles. The van der Waals surface area contributed by atoms with E-state index < -0.39 is 30.7 Å². The minimum atomic E-state index is -6.00. The molecule has 5 aromatic rings. The molecule has 1 heterocycles. The van der Waals surface area contributed by atoms with Crippen molar-refractivity contribution in [3.63, 3.8) is 0 Å². The van der Waals surface area contributed by atoms with Crippen molar-refractivity contribution in [2.45, 2.75) is 41.5 Å². The number of aromatic nitrogens is 1. The van der Waals surface area contributed by atoms with Gasteiger partial charge in [-0.05, 0) is 12.1 Å². The average molecular weight is 953 g/mol. The van der Waals surface area contributed by atoms with Crippen LogP contribution >= 0.6 is 16.1 Å². The second-order valence-corrected chi connectivity index (χ2v) is 13.8.